The summed E-state index contributed by atoms with van der Waals surface area (Å²) in [5.74, 6) is 0. The highest BCUT2D eigenvalue weighted by Gasteiger charge is 2.43. The van der Waals surface area contributed by atoms with Gasteiger partial charge in [-0.05, 0) is 6.42 Å². The summed E-state index contributed by atoms with van der Waals surface area (Å²) >= 11 is 0. The van der Waals surface area contributed by atoms with Gasteiger partial charge in [-0.25, -0.2) is 0 Å². The third-order valence-electron chi connectivity index (χ3n) is 2.68. The van der Waals surface area contributed by atoms with Crippen molar-refractivity contribution in [2.45, 2.75) is 50.5 Å². The van der Waals surface area contributed by atoms with Crippen molar-refractivity contribution in [3.8, 4) is 0 Å². The Morgan fingerprint density at radius 3 is 2.44 bits per heavy atom. The number of hydrogen-bond acceptors (Lipinski definition) is 6. The van der Waals surface area contributed by atoms with Gasteiger partial charge in [-0.2, -0.15) is 0 Å². The third kappa shape index (κ3) is 3.13. The minimum atomic E-state index is -1.28. The predicted molar refractivity (Wildman–Crippen MR) is 56.6 cm³/mol. The summed E-state index contributed by atoms with van der Waals surface area (Å²) in [6.07, 6.45) is -3.51. The highest BCUT2D eigenvalue weighted by atomic mass is 16.7. The van der Waals surface area contributed by atoms with E-state index in [1.165, 1.54) is 0 Å². The zero-order valence-corrected chi connectivity index (χ0v) is 9.45. The first kappa shape index (κ1) is 13.8. The first-order valence-corrected chi connectivity index (χ1v) is 5.63. The van der Waals surface area contributed by atoms with Crippen LogP contribution in [0.4, 0.5) is 0 Å². The summed E-state index contributed by atoms with van der Waals surface area (Å²) in [6, 6.07) is 0. The van der Waals surface area contributed by atoms with Gasteiger partial charge in [0.25, 0.3) is 0 Å². The smallest absolute Gasteiger partial charge is 0.186 e. The molecular weight excluding hydrogens is 214 g/mol. The summed E-state index contributed by atoms with van der Waals surface area (Å²) in [5.41, 5.74) is 5.39. The molecule has 1 saturated heterocycles. The van der Waals surface area contributed by atoms with E-state index in [1.54, 1.807) is 0 Å². The third-order valence-corrected chi connectivity index (χ3v) is 2.68. The van der Waals surface area contributed by atoms with Crippen molar-refractivity contribution >= 4 is 0 Å². The van der Waals surface area contributed by atoms with E-state index in [1.807, 2.05) is 6.92 Å². The van der Waals surface area contributed by atoms with E-state index < -0.39 is 30.7 Å². The van der Waals surface area contributed by atoms with Crippen LogP contribution in [0.2, 0.25) is 0 Å². The molecule has 1 aliphatic rings. The van der Waals surface area contributed by atoms with Crippen molar-refractivity contribution in [2.24, 2.45) is 5.73 Å². The molecule has 1 rings (SSSR count). The fourth-order valence-corrected chi connectivity index (χ4v) is 1.59. The van der Waals surface area contributed by atoms with Gasteiger partial charge in [-0.3, -0.25) is 0 Å². The summed E-state index contributed by atoms with van der Waals surface area (Å²) in [5, 5.41) is 28.7. The molecule has 0 aromatic rings. The average Bonchev–Trinajstić information content (AvgIpc) is 2.29. The highest BCUT2D eigenvalue weighted by Crippen LogP contribution is 2.21. The zero-order chi connectivity index (χ0) is 12.1. The number of unbranched alkanes of at least 4 members (excludes halogenated alkanes) is 1. The second-order valence-corrected chi connectivity index (χ2v) is 3.97. The van der Waals surface area contributed by atoms with Crippen molar-refractivity contribution in [1.82, 2.24) is 0 Å². The summed E-state index contributed by atoms with van der Waals surface area (Å²) in [4.78, 5) is 0. The lowest BCUT2D eigenvalue weighted by Gasteiger charge is -2.39. The molecule has 0 unspecified atom stereocenters. The van der Waals surface area contributed by atoms with Gasteiger partial charge >= 0.3 is 0 Å². The maximum absolute atomic E-state index is 9.62. The monoisotopic (exact) mass is 235 g/mol. The summed E-state index contributed by atoms with van der Waals surface area (Å²) in [6.45, 7) is 2.53. The lowest BCUT2D eigenvalue weighted by atomic mass is 9.99. The number of hydrogen-bond donors (Lipinski definition) is 4. The molecule has 0 aromatic heterocycles. The quantitative estimate of drug-likeness (QED) is 0.435. The molecule has 1 fully saturated rings. The Hall–Kier alpha value is -0.240. The molecule has 0 spiro atoms. The van der Waals surface area contributed by atoms with Crippen LogP contribution in [0.5, 0.6) is 0 Å². The first-order valence-electron chi connectivity index (χ1n) is 5.63. The fraction of sp³-hybridized carbons (Fsp3) is 1.00. The Kier molecular flexibility index (Phi) is 5.60. The van der Waals surface area contributed by atoms with Gasteiger partial charge in [0.15, 0.2) is 6.29 Å². The lowest BCUT2D eigenvalue weighted by Crippen LogP contribution is -2.60. The first-order chi connectivity index (χ1) is 7.61. The minimum Gasteiger partial charge on any atom is -0.388 e. The van der Waals surface area contributed by atoms with Gasteiger partial charge in [-0.1, -0.05) is 13.3 Å². The molecule has 6 heteroatoms. The molecule has 1 aliphatic heterocycles. The summed E-state index contributed by atoms with van der Waals surface area (Å²) < 4.78 is 10.6. The van der Waals surface area contributed by atoms with Gasteiger partial charge in [-0.15, -0.1) is 0 Å². The fourth-order valence-electron chi connectivity index (χ4n) is 1.59. The predicted octanol–water partition coefficient (Wildman–Crippen LogP) is -1.43. The number of aliphatic hydroxyl groups is 3. The number of ether oxygens (including phenoxy) is 2. The van der Waals surface area contributed by atoms with Crippen molar-refractivity contribution in [3.05, 3.63) is 0 Å². The molecule has 0 aliphatic carbocycles. The van der Waals surface area contributed by atoms with Crippen molar-refractivity contribution in [1.29, 1.82) is 0 Å². The zero-order valence-electron chi connectivity index (χ0n) is 9.45. The van der Waals surface area contributed by atoms with Gasteiger partial charge in [0.05, 0.1) is 0 Å². The maximum Gasteiger partial charge on any atom is 0.186 e. The standard InChI is InChI=1S/C10H21NO5/c1-2-3-4-15-10-9(14)8(13)7(12)6(5-11)16-10/h6-10,12-14H,2-5,11H2,1H3/t6-,7-,8+,9-,10+/m1/s1. The van der Waals surface area contributed by atoms with Crippen LogP contribution in [0.3, 0.4) is 0 Å². The van der Waals surface area contributed by atoms with Crippen molar-refractivity contribution in [3.63, 3.8) is 0 Å². The second kappa shape index (κ2) is 6.48. The SMILES string of the molecule is CCCCO[C@H]1O[C@H](CN)[C@@H](O)[C@H](O)[C@H]1O. The molecule has 16 heavy (non-hydrogen) atoms. The molecule has 0 amide bonds. The second-order valence-electron chi connectivity index (χ2n) is 3.97. The van der Waals surface area contributed by atoms with Crippen LogP contribution < -0.4 is 5.73 Å². The molecule has 6 nitrogen and oxygen atoms in total. The number of aliphatic hydroxyl groups excluding tert-OH is 3. The van der Waals surface area contributed by atoms with E-state index in [0.717, 1.165) is 12.8 Å². The molecule has 0 radical (unpaired) electrons. The van der Waals surface area contributed by atoms with E-state index in [2.05, 4.69) is 0 Å². The van der Waals surface area contributed by atoms with Gasteiger partial charge in [0.2, 0.25) is 0 Å². The molecule has 5 atom stereocenters. The molecule has 5 N–H and O–H groups in total. The van der Waals surface area contributed by atoms with E-state index >= 15 is 0 Å². The van der Waals surface area contributed by atoms with Crippen LogP contribution in [-0.2, 0) is 9.47 Å². The molecule has 0 aromatic carbocycles. The normalized spacial score (nSPS) is 39.9. The van der Waals surface area contributed by atoms with Crippen LogP contribution in [0.15, 0.2) is 0 Å². The van der Waals surface area contributed by atoms with Crippen LogP contribution in [0.1, 0.15) is 19.8 Å². The molecule has 1 heterocycles. The van der Waals surface area contributed by atoms with E-state index in [4.69, 9.17) is 15.2 Å². The van der Waals surface area contributed by atoms with Crippen LogP contribution in [0, 0.1) is 0 Å². The maximum atomic E-state index is 9.62. The van der Waals surface area contributed by atoms with E-state index in [0.29, 0.717) is 6.61 Å². The minimum absolute atomic E-state index is 0.0680. The topological polar surface area (TPSA) is 105 Å². The molecule has 0 saturated carbocycles. The number of rotatable bonds is 5. The van der Waals surface area contributed by atoms with Crippen LogP contribution >= 0.6 is 0 Å². The lowest BCUT2D eigenvalue weighted by molar-refractivity contribution is -0.294. The van der Waals surface area contributed by atoms with E-state index in [-0.39, 0.29) is 6.54 Å². The van der Waals surface area contributed by atoms with Crippen LogP contribution in [-0.4, -0.2) is 59.2 Å². The molecule has 0 bridgehead atoms. The van der Waals surface area contributed by atoms with E-state index in [9.17, 15) is 15.3 Å². The molecular formula is C10H21NO5. The van der Waals surface area contributed by atoms with Gasteiger partial charge in [0, 0.05) is 13.2 Å². The Morgan fingerprint density at radius 2 is 1.88 bits per heavy atom. The Bertz CT molecular complexity index is 202. The molecule has 96 valence electrons. The Balaban J connectivity index is 2.50. The van der Waals surface area contributed by atoms with Crippen molar-refractivity contribution in [2.75, 3.05) is 13.2 Å². The number of nitrogens with two attached hydrogens (primary N) is 1. The van der Waals surface area contributed by atoms with Gasteiger partial charge < -0.3 is 30.5 Å². The van der Waals surface area contributed by atoms with Crippen molar-refractivity contribution < 1.29 is 24.8 Å². The Morgan fingerprint density at radius 1 is 1.19 bits per heavy atom. The largest absolute Gasteiger partial charge is 0.388 e. The Labute approximate surface area is 95.0 Å². The van der Waals surface area contributed by atoms with Gasteiger partial charge in [0.1, 0.15) is 24.4 Å². The summed E-state index contributed by atoms with van der Waals surface area (Å²) in [7, 11) is 0. The average molecular weight is 235 g/mol. The highest BCUT2D eigenvalue weighted by molar-refractivity contribution is 4.89. The van der Waals surface area contributed by atoms with Crippen LogP contribution in [0.25, 0.3) is 0 Å².